The molecular formula is C20H24N2O3S. The first-order valence-corrected chi connectivity index (χ1v) is 10.6. The molecule has 26 heavy (non-hydrogen) atoms. The van der Waals surface area contributed by atoms with E-state index in [0.717, 1.165) is 11.1 Å². The van der Waals surface area contributed by atoms with E-state index < -0.39 is 9.84 Å². The van der Waals surface area contributed by atoms with Gasteiger partial charge in [0.2, 0.25) is 0 Å². The molecule has 2 aromatic carbocycles. The van der Waals surface area contributed by atoms with Gasteiger partial charge in [-0.05, 0) is 36.5 Å². The summed E-state index contributed by atoms with van der Waals surface area (Å²) in [6.07, 6.45) is 1.31. The summed E-state index contributed by atoms with van der Waals surface area (Å²) in [5, 5.41) is 5.56. The van der Waals surface area contributed by atoms with Crippen LogP contribution >= 0.6 is 0 Å². The fourth-order valence-corrected chi connectivity index (χ4v) is 4.83. The Kier molecular flexibility index (Phi) is 5.61. The molecular weight excluding hydrogens is 348 g/mol. The second-order valence-electron chi connectivity index (χ2n) is 6.85. The van der Waals surface area contributed by atoms with Gasteiger partial charge in [0, 0.05) is 12.6 Å². The fourth-order valence-electron chi connectivity index (χ4n) is 3.20. The molecule has 1 fully saturated rings. The Labute approximate surface area is 154 Å². The first-order chi connectivity index (χ1) is 12.4. The van der Waals surface area contributed by atoms with Crippen molar-refractivity contribution in [2.75, 3.05) is 11.5 Å². The molecule has 1 atom stereocenters. The predicted molar refractivity (Wildman–Crippen MR) is 104 cm³/mol. The number of carbonyl (C=O) groups excluding carboxylic acids is 1. The summed E-state index contributed by atoms with van der Waals surface area (Å²) in [5.41, 5.74) is 4.51. The van der Waals surface area contributed by atoms with Crippen LogP contribution in [-0.4, -0.2) is 32.0 Å². The topological polar surface area (TPSA) is 75.3 Å². The SMILES string of the molecule is Cc1cccc(-c2ccc(CNC(=O)NC3CCCS(=O)(=O)C3)cc2)c1. The molecule has 2 amide bonds. The van der Waals surface area contributed by atoms with Gasteiger partial charge in [0.15, 0.2) is 9.84 Å². The number of aryl methyl sites for hydroxylation is 1. The third kappa shape index (κ3) is 5.08. The molecule has 2 N–H and O–H groups in total. The van der Waals surface area contributed by atoms with Crippen molar-refractivity contribution < 1.29 is 13.2 Å². The number of amides is 2. The maximum absolute atomic E-state index is 12.0. The van der Waals surface area contributed by atoms with Crippen molar-refractivity contribution in [3.63, 3.8) is 0 Å². The van der Waals surface area contributed by atoms with Crippen LogP contribution in [0.15, 0.2) is 48.5 Å². The van der Waals surface area contributed by atoms with Crippen molar-refractivity contribution in [3.05, 3.63) is 59.7 Å². The minimum Gasteiger partial charge on any atom is -0.334 e. The molecule has 5 nitrogen and oxygen atoms in total. The predicted octanol–water partition coefficient (Wildman–Crippen LogP) is 3.04. The molecule has 0 aromatic heterocycles. The second-order valence-corrected chi connectivity index (χ2v) is 9.08. The van der Waals surface area contributed by atoms with E-state index in [4.69, 9.17) is 0 Å². The largest absolute Gasteiger partial charge is 0.334 e. The number of hydrogen-bond acceptors (Lipinski definition) is 3. The Morgan fingerprint density at radius 1 is 1.12 bits per heavy atom. The van der Waals surface area contributed by atoms with Crippen molar-refractivity contribution >= 4 is 15.9 Å². The molecule has 1 aliphatic rings. The molecule has 1 saturated heterocycles. The highest BCUT2D eigenvalue weighted by Crippen LogP contribution is 2.20. The Bertz CT molecular complexity index is 876. The zero-order chi connectivity index (χ0) is 18.6. The van der Waals surface area contributed by atoms with Gasteiger partial charge in [0.1, 0.15) is 0 Å². The summed E-state index contributed by atoms with van der Waals surface area (Å²) in [4.78, 5) is 12.0. The lowest BCUT2D eigenvalue weighted by atomic mass is 10.0. The monoisotopic (exact) mass is 372 g/mol. The van der Waals surface area contributed by atoms with Gasteiger partial charge in [-0.25, -0.2) is 13.2 Å². The number of benzene rings is 2. The minimum absolute atomic E-state index is 0.0333. The van der Waals surface area contributed by atoms with Crippen LogP contribution in [0.25, 0.3) is 11.1 Å². The summed E-state index contributed by atoms with van der Waals surface area (Å²) < 4.78 is 23.2. The van der Waals surface area contributed by atoms with E-state index in [1.807, 2.05) is 30.3 Å². The van der Waals surface area contributed by atoms with Crippen LogP contribution in [0.2, 0.25) is 0 Å². The maximum Gasteiger partial charge on any atom is 0.315 e. The van der Waals surface area contributed by atoms with Crippen LogP contribution < -0.4 is 10.6 Å². The quantitative estimate of drug-likeness (QED) is 0.866. The van der Waals surface area contributed by atoms with Crippen molar-refractivity contribution in [1.29, 1.82) is 0 Å². The van der Waals surface area contributed by atoms with Crippen LogP contribution in [0.4, 0.5) is 4.79 Å². The molecule has 2 aromatic rings. The van der Waals surface area contributed by atoms with Gasteiger partial charge in [-0.3, -0.25) is 0 Å². The zero-order valence-corrected chi connectivity index (χ0v) is 15.7. The highest BCUT2D eigenvalue weighted by Gasteiger charge is 2.25. The molecule has 0 bridgehead atoms. The van der Waals surface area contributed by atoms with Crippen LogP contribution in [0.1, 0.15) is 24.0 Å². The molecule has 0 aliphatic carbocycles. The van der Waals surface area contributed by atoms with Gasteiger partial charge in [0.25, 0.3) is 0 Å². The van der Waals surface area contributed by atoms with E-state index >= 15 is 0 Å². The van der Waals surface area contributed by atoms with Gasteiger partial charge >= 0.3 is 6.03 Å². The summed E-state index contributed by atoms with van der Waals surface area (Å²) in [5.74, 6) is 0.256. The minimum atomic E-state index is -3.02. The molecule has 6 heteroatoms. The van der Waals surface area contributed by atoms with Crippen molar-refractivity contribution in [2.45, 2.75) is 32.4 Å². The van der Waals surface area contributed by atoms with E-state index in [0.29, 0.717) is 19.4 Å². The number of rotatable bonds is 4. The summed E-state index contributed by atoms with van der Waals surface area (Å²) >= 11 is 0. The highest BCUT2D eigenvalue weighted by molar-refractivity contribution is 7.91. The molecule has 138 valence electrons. The Morgan fingerprint density at radius 3 is 2.58 bits per heavy atom. The van der Waals surface area contributed by atoms with Crippen LogP contribution in [-0.2, 0) is 16.4 Å². The number of urea groups is 1. The highest BCUT2D eigenvalue weighted by atomic mass is 32.2. The molecule has 1 heterocycles. The third-order valence-corrected chi connectivity index (χ3v) is 6.38. The summed E-state index contributed by atoms with van der Waals surface area (Å²) in [6, 6.07) is 15.8. The van der Waals surface area contributed by atoms with E-state index in [9.17, 15) is 13.2 Å². The van der Waals surface area contributed by atoms with Gasteiger partial charge in [-0.2, -0.15) is 0 Å². The maximum atomic E-state index is 12.0. The molecule has 3 rings (SSSR count). The molecule has 1 aliphatic heterocycles. The normalized spacial score (nSPS) is 18.9. The standard InChI is InChI=1S/C20H24N2O3S/c1-15-4-2-5-18(12-15)17-9-7-16(8-10-17)13-21-20(23)22-19-6-3-11-26(24,25)14-19/h2,4-5,7-10,12,19H,3,6,11,13-14H2,1H3,(H2,21,22,23). The lowest BCUT2D eigenvalue weighted by molar-refractivity contribution is 0.236. The van der Waals surface area contributed by atoms with Crippen LogP contribution in [0.3, 0.4) is 0 Å². The Morgan fingerprint density at radius 2 is 1.88 bits per heavy atom. The third-order valence-electron chi connectivity index (χ3n) is 4.56. The van der Waals surface area contributed by atoms with Crippen molar-refractivity contribution in [2.24, 2.45) is 0 Å². The van der Waals surface area contributed by atoms with E-state index in [-0.39, 0.29) is 23.6 Å². The van der Waals surface area contributed by atoms with Crippen LogP contribution in [0.5, 0.6) is 0 Å². The number of hydrogen-bond donors (Lipinski definition) is 2. The van der Waals surface area contributed by atoms with E-state index in [1.54, 1.807) is 0 Å². The lowest BCUT2D eigenvalue weighted by Gasteiger charge is -2.23. The molecule has 0 saturated carbocycles. The number of sulfone groups is 1. The van der Waals surface area contributed by atoms with Gasteiger partial charge in [-0.15, -0.1) is 0 Å². The van der Waals surface area contributed by atoms with E-state index in [1.165, 1.54) is 11.1 Å². The van der Waals surface area contributed by atoms with Crippen molar-refractivity contribution in [1.82, 2.24) is 10.6 Å². The zero-order valence-electron chi connectivity index (χ0n) is 14.9. The smallest absolute Gasteiger partial charge is 0.315 e. The fraction of sp³-hybridized carbons (Fsp3) is 0.350. The molecule has 0 spiro atoms. The van der Waals surface area contributed by atoms with Gasteiger partial charge < -0.3 is 10.6 Å². The first-order valence-electron chi connectivity index (χ1n) is 8.82. The van der Waals surface area contributed by atoms with Gasteiger partial charge in [0.05, 0.1) is 11.5 Å². The Hall–Kier alpha value is -2.34. The summed E-state index contributed by atoms with van der Waals surface area (Å²) in [7, 11) is -3.02. The lowest BCUT2D eigenvalue weighted by Crippen LogP contribution is -2.47. The number of nitrogens with one attached hydrogen (secondary N) is 2. The van der Waals surface area contributed by atoms with Gasteiger partial charge in [-0.1, -0.05) is 54.1 Å². The number of carbonyl (C=O) groups is 1. The average molecular weight is 372 g/mol. The average Bonchev–Trinajstić information content (AvgIpc) is 2.59. The Balaban J connectivity index is 1.52. The first kappa shape index (κ1) is 18.5. The molecule has 1 unspecified atom stereocenters. The second kappa shape index (κ2) is 7.91. The van der Waals surface area contributed by atoms with Crippen molar-refractivity contribution in [3.8, 4) is 11.1 Å². The summed E-state index contributed by atoms with van der Waals surface area (Å²) in [6.45, 7) is 2.47. The van der Waals surface area contributed by atoms with Crippen LogP contribution in [0, 0.1) is 6.92 Å². The van der Waals surface area contributed by atoms with E-state index in [2.05, 4.69) is 35.8 Å². The molecule has 0 radical (unpaired) electrons.